The maximum atomic E-state index is 9.27. The molecule has 3 nitrogen and oxygen atoms in total. The summed E-state index contributed by atoms with van der Waals surface area (Å²) in [5.74, 6) is -0.599. The third kappa shape index (κ3) is 4.35. The van der Waals surface area contributed by atoms with Gasteiger partial charge < -0.3 is 14.6 Å². The lowest BCUT2D eigenvalue weighted by molar-refractivity contribution is -0.148. The lowest BCUT2D eigenvalue weighted by Crippen LogP contribution is -2.25. The molecule has 1 saturated heterocycles. The second-order valence-corrected chi connectivity index (χ2v) is 5.91. The first-order chi connectivity index (χ1) is 9.11. The van der Waals surface area contributed by atoms with Gasteiger partial charge in [0.1, 0.15) is 6.10 Å². The third-order valence-corrected chi connectivity index (χ3v) is 3.75. The van der Waals surface area contributed by atoms with Crippen LogP contribution in [0.3, 0.4) is 0 Å². The highest BCUT2D eigenvalue weighted by Crippen LogP contribution is 2.30. The minimum Gasteiger partial charge on any atom is -0.394 e. The van der Waals surface area contributed by atoms with Crippen LogP contribution in [-0.2, 0) is 9.47 Å². The van der Waals surface area contributed by atoms with Gasteiger partial charge in [-0.15, -0.1) is 0 Å². The standard InChI is InChI=1S/C15H20O3S/c1-15(2)17-13(14(11-16)18-15)9-6-10-19-12-7-4-3-5-8-12/h3-8,10,13-14,16H,9,11H2,1-2H3/b10-6+/t13-,14+/m0/s1. The van der Waals surface area contributed by atoms with Crippen LogP contribution in [0.4, 0.5) is 0 Å². The molecule has 0 amide bonds. The summed E-state index contributed by atoms with van der Waals surface area (Å²) < 4.78 is 11.4. The molecule has 0 radical (unpaired) electrons. The summed E-state index contributed by atoms with van der Waals surface area (Å²) in [6.45, 7) is 3.74. The van der Waals surface area contributed by atoms with E-state index in [1.807, 2.05) is 32.0 Å². The zero-order chi connectivity index (χ0) is 13.7. The topological polar surface area (TPSA) is 38.7 Å². The zero-order valence-corrected chi connectivity index (χ0v) is 12.1. The first-order valence-electron chi connectivity index (χ1n) is 6.44. The van der Waals surface area contributed by atoms with E-state index in [1.54, 1.807) is 11.8 Å². The molecule has 2 rings (SSSR count). The van der Waals surface area contributed by atoms with E-state index in [9.17, 15) is 5.11 Å². The van der Waals surface area contributed by atoms with E-state index < -0.39 is 5.79 Å². The summed E-state index contributed by atoms with van der Waals surface area (Å²) in [7, 11) is 0. The Kier molecular flexibility index (Phi) is 5.05. The van der Waals surface area contributed by atoms with Crippen molar-refractivity contribution < 1.29 is 14.6 Å². The summed E-state index contributed by atoms with van der Waals surface area (Å²) >= 11 is 1.67. The Morgan fingerprint density at radius 3 is 2.58 bits per heavy atom. The Morgan fingerprint density at radius 1 is 1.21 bits per heavy atom. The SMILES string of the molecule is CC1(C)O[C@@H](C/C=C/Sc2ccccc2)[C@@H](CO)O1. The molecule has 1 N–H and O–H groups in total. The predicted octanol–water partition coefficient (Wildman–Crippen LogP) is 3.19. The predicted molar refractivity (Wildman–Crippen MR) is 77.0 cm³/mol. The summed E-state index contributed by atoms with van der Waals surface area (Å²) in [5, 5.41) is 11.3. The van der Waals surface area contributed by atoms with Gasteiger partial charge in [0, 0.05) is 4.90 Å². The molecule has 2 atom stereocenters. The minimum absolute atomic E-state index is 0.00619. The molecule has 1 aromatic carbocycles. The Labute approximate surface area is 118 Å². The second kappa shape index (κ2) is 6.57. The Balaban J connectivity index is 1.82. The Bertz CT molecular complexity index is 417. The van der Waals surface area contributed by atoms with Crippen LogP contribution in [0.2, 0.25) is 0 Å². The molecular formula is C15H20O3S. The fraction of sp³-hybridized carbons (Fsp3) is 0.467. The average molecular weight is 280 g/mol. The van der Waals surface area contributed by atoms with Crippen LogP contribution in [0.1, 0.15) is 20.3 Å². The summed E-state index contributed by atoms with van der Waals surface area (Å²) in [6, 6.07) is 10.2. The maximum absolute atomic E-state index is 9.27. The number of rotatable bonds is 5. The number of aliphatic hydroxyl groups is 1. The van der Waals surface area contributed by atoms with Gasteiger partial charge in [0.2, 0.25) is 0 Å². The Morgan fingerprint density at radius 2 is 1.89 bits per heavy atom. The molecule has 1 fully saturated rings. The van der Waals surface area contributed by atoms with E-state index >= 15 is 0 Å². The number of aliphatic hydroxyl groups excluding tert-OH is 1. The van der Waals surface area contributed by atoms with Crippen LogP contribution in [0, 0.1) is 0 Å². The smallest absolute Gasteiger partial charge is 0.163 e. The molecule has 4 heteroatoms. The van der Waals surface area contributed by atoms with Crippen molar-refractivity contribution in [3.63, 3.8) is 0 Å². The number of hydrogen-bond acceptors (Lipinski definition) is 4. The molecular weight excluding hydrogens is 260 g/mol. The molecule has 0 aromatic heterocycles. The monoisotopic (exact) mass is 280 g/mol. The highest BCUT2D eigenvalue weighted by molar-refractivity contribution is 8.02. The van der Waals surface area contributed by atoms with Gasteiger partial charge in [0.05, 0.1) is 12.7 Å². The zero-order valence-electron chi connectivity index (χ0n) is 11.3. The van der Waals surface area contributed by atoms with Crippen molar-refractivity contribution in [2.24, 2.45) is 0 Å². The molecule has 0 unspecified atom stereocenters. The molecule has 19 heavy (non-hydrogen) atoms. The van der Waals surface area contributed by atoms with E-state index in [1.165, 1.54) is 4.90 Å². The van der Waals surface area contributed by atoms with Crippen LogP contribution < -0.4 is 0 Å². The lowest BCUT2D eigenvalue weighted by Gasteiger charge is -2.16. The number of ether oxygens (including phenoxy) is 2. The minimum atomic E-state index is -0.599. The fourth-order valence-corrected chi connectivity index (χ4v) is 2.76. The average Bonchev–Trinajstić information content (AvgIpc) is 2.70. The van der Waals surface area contributed by atoms with Crippen LogP contribution >= 0.6 is 11.8 Å². The van der Waals surface area contributed by atoms with E-state index in [0.29, 0.717) is 0 Å². The maximum Gasteiger partial charge on any atom is 0.163 e. The number of thioether (sulfide) groups is 1. The molecule has 0 bridgehead atoms. The number of benzene rings is 1. The van der Waals surface area contributed by atoms with Gasteiger partial charge in [-0.25, -0.2) is 0 Å². The molecule has 1 heterocycles. The summed E-state index contributed by atoms with van der Waals surface area (Å²) in [4.78, 5) is 1.21. The Hall–Kier alpha value is -0.810. The van der Waals surface area contributed by atoms with Crippen molar-refractivity contribution in [2.75, 3.05) is 6.61 Å². The third-order valence-electron chi connectivity index (χ3n) is 2.88. The normalized spacial score (nSPS) is 26.1. The number of hydrogen-bond donors (Lipinski definition) is 1. The summed E-state index contributed by atoms with van der Waals surface area (Å²) in [6.07, 6.45) is 2.50. The first kappa shape index (κ1) is 14.6. The van der Waals surface area contributed by atoms with E-state index in [-0.39, 0.29) is 18.8 Å². The van der Waals surface area contributed by atoms with Crippen molar-refractivity contribution in [2.45, 2.75) is 43.2 Å². The molecule has 104 valence electrons. The van der Waals surface area contributed by atoms with Crippen molar-refractivity contribution in [3.05, 3.63) is 41.8 Å². The first-order valence-corrected chi connectivity index (χ1v) is 7.32. The fourth-order valence-electron chi connectivity index (χ4n) is 2.08. The van der Waals surface area contributed by atoms with Crippen LogP contribution in [0.5, 0.6) is 0 Å². The largest absolute Gasteiger partial charge is 0.394 e. The van der Waals surface area contributed by atoms with Crippen molar-refractivity contribution >= 4 is 11.8 Å². The van der Waals surface area contributed by atoms with Gasteiger partial charge in [-0.1, -0.05) is 36.0 Å². The van der Waals surface area contributed by atoms with Crippen LogP contribution in [0.15, 0.2) is 46.7 Å². The van der Waals surface area contributed by atoms with Crippen LogP contribution in [0.25, 0.3) is 0 Å². The molecule has 1 aromatic rings. The molecule has 0 aliphatic carbocycles. The van der Waals surface area contributed by atoms with Crippen LogP contribution in [-0.4, -0.2) is 29.7 Å². The van der Waals surface area contributed by atoms with Gasteiger partial charge >= 0.3 is 0 Å². The van der Waals surface area contributed by atoms with Gasteiger partial charge in [0.25, 0.3) is 0 Å². The molecule has 1 aliphatic heterocycles. The van der Waals surface area contributed by atoms with Gasteiger partial charge in [-0.2, -0.15) is 0 Å². The highest BCUT2D eigenvalue weighted by Gasteiger charge is 2.39. The van der Waals surface area contributed by atoms with Crippen molar-refractivity contribution in [3.8, 4) is 0 Å². The highest BCUT2D eigenvalue weighted by atomic mass is 32.2. The molecule has 1 aliphatic rings. The molecule has 0 saturated carbocycles. The van der Waals surface area contributed by atoms with E-state index in [4.69, 9.17) is 9.47 Å². The van der Waals surface area contributed by atoms with Gasteiger partial charge in [-0.3, -0.25) is 0 Å². The van der Waals surface area contributed by atoms with Crippen molar-refractivity contribution in [1.82, 2.24) is 0 Å². The second-order valence-electron chi connectivity index (χ2n) is 4.93. The van der Waals surface area contributed by atoms with Gasteiger partial charge in [-0.05, 0) is 37.8 Å². The summed E-state index contributed by atoms with van der Waals surface area (Å²) in [5.41, 5.74) is 0. The van der Waals surface area contributed by atoms with Crippen molar-refractivity contribution in [1.29, 1.82) is 0 Å². The quantitative estimate of drug-likeness (QED) is 0.841. The van der Waals surface area contributed by atoms with Gasteiger partial charge in [0.15, 0.2) is 5.79 Å². The van der Waals surface area contributed by atoms with E-state index in [0.717, 1.165) is 6.42 Å². The lowest BCUT2D eigenvalue weighted by atomic mass is 10.1. The molecule has 0 spiro atoms. The van der Waals surface area contributed by atoms with E-state index in [2.05, 4.69) is 23.6 Å².